The van der Waals surface area contributed by atoms with Crippen LogP contribution in [0.25, 0.3) is 0 Å². The van der Waals surface area contributed by atoms with Gasteiger partial charge in [0, 0.05) is 12.0 Å². The van der Waals surface area contributed by atoms with Crippen LogP contribution in [0.2, 0.25) is 5.02 Å². The largest absolute Gasteiger partial charge is 0.486 e. The molecule has 144 valence electrons. The highest BCUT2D eigenvalue weighted by Gasteiger charge is 2.32. The van der Waals surface area contributed by atoms with Crippen molar-refractivity contribution in [2.45, 2.75) is 18.7 Å². The van der Waals surface area contributed by atoms with Crippen molar-refractivity contribution in [3.63, 3.8) is 0 Å². The number of esters is 1. The normalized spacial score (nSPS) is 15.9. The Balaban J connectivity index is 1.96. The molecule has 0 saturated heterocycles. The third-order valence-electron chi connectivity index (χ3n) is 3.97. The fourth-order valence-electron chi connectivity index (χ4n) is 2.71. The van der Waals surface area contributed by atoms with Gasteiger partial charge in [-0.1, -0.05) is 11.6 Å². The molecule has 0 spiro atoms. The van der Waals surface area contributed by atoms with Crippen LogP contribution in [0.3, 0.4) is 0 Å². The summed E-state index contributed by atoms with van der Waals surface area (Å²) in [7, 11) is 1.20. The van der Waals surface area contributed by atoms with Crippen LogP contribution in [0.1, 0.15) is 21.5 Å². The van der Waals surface area contributed by atoms with Crippen molar-refractivity contribution in [1.29, 1.82) is 0 Å². The molecule has 0 radical (unpaired) electrons. The maximum Gasteiger partial charge on any atom is 0.416 e. The van der Waals surface area contributed by atoms with E-state index in [1.54, 1.807) is 6.07 Å². The average Bonchev–Trinajstić information content (AvgIpc) is 3.04. The molecule has 1 aliphatic heterocycles. The molecule has 0 aliphatic carbocycles. The zero-order chi connectivity index (χ0) is 19.8. The number of hydrogen-bond acceptors (Lipinski definition) is 5. The molecule has 0 aromatic heterocycles. The summed E-state index contributed by atoms with van der Waals surface area (Å²) < 4.78 is 54.1. The van der Waals surface area contributed by atoms with Gasteiger partial charge in [0.2, 0.25) is 0 Å². The van der Waals surface area contributed by atoms with Gasteiger partial charge in [-0.05, 0) is 30.3 Å². The second kappa shape index (κ2) is 7.28. The molecule has 2 aromatic rings. The predicted molar refractivity (Wildman–Crippen MR) is 89.5 cm³/mol. The molecule has 27 heavy (non-hydrogen) atoms. The van der Waals surface area contributed by atoms with Crippen molar-refractivity contribution in [3.05, 3.63) is 52.0 Å². The van der Waals surface area contributed by atoms with Gasteiger partial charge in [-0.25, -0.2) is 4.79 Å². The number of aliphatic hydroxyl groups is 1. The number of hydrogen-bond donors (Lipinski definition) is 1. The quantitative estimate of drug-likeness (QED) is 0.775. The molecule has 2 aromatic carbocycles. The second-order valence-corrected chi connectivity index (χ2v) is 6.23. The van der Waals surface area contributed by atoms with E-state index in [2.05, 4.69) is 0 Å². The van der Waals surface area contributed by atoms with Crippen LogP contribution in [-0.4, -0.2) is 30.9 Å². The number of carbonyl (C=O) groups excluding carboxylic acids is 1. The van der Waals surface area contributed by atoms with E-state index < -0.39 is 23.8 Å². The summed E-state index contributed by atoms with van der Waals surface area (Å²) in [4.78, 5) is 12.0. The van der Waals surface area contributed by atoms with Crippen molar-refractivity contribution >= 4 is 17.6 Å². The van der Waals surface area contributed by atoms with Gasteiger partial charge in [-0.3, -0.25) is 0 Å². The summed E-state index contributed by atoms with van der Waals surface area (Å²) >= 11 is 5.90. The lowest BCUT2D eigenvalue weighted by atomic mass is 10.1. The molecule has 0 fully saturated rings. The van der Waals surface area contributed by atoms with Gasteiger partial charge in [0.15, 0.2) is 0 Å². The highest BCUT2D eigenvalue weighted by molar-refractivity contribution is 6.32. The Kier molecular flexibility index (Phi) is 5.21. The third-order valence-corrected chi connectivity index (χ3v) is 4.26. The lowest BCUT2D eigenvalue weighted by molar-refractivity contribution is -0.137. The highest BCUT2D eigenvalue weighted by Crippen LogP contribution is 2.40. The summed E-state index contributed by atoms with van der Waals surface area (Å²) in [5.41, 5.74) is -0.206. The highest BCUT2D eigenvalue weighted by atomic mass is 35.5. The van der Waals surface area contributed by atoms with Gasteiger partial charge >= 0.3 is 12.1 Å². The molecular weight excluding hydrogens is 389 g/mol. The lowest BCUT2D eigenvalue weighted by Gasteiger charge is -2.13. The molecular formula is C18H14ClF3O5. The Labute approximate surface area is 157 Å². The zero-order valence-corrected chi connectivity index (χ0v) is 14.7. The van der Waals surface area contributed by atoms with Crippen molar-refractivity contribution in [2.75, 3.05) is 13.7 Å². The van der Waals surface area contributed by atoms with Gasteiger partial charge in [0.25, 0.3) is 0 Å². The molecule has 1 atom stereocenters. The van der Waals surface area contributed by atoms with Crippen molar-refractivity contribution in [3.8, 4) is 17.2 Å². The first-order chi connectivity index (χ1) is 12.7. The fourth-order valence-corrected chi connectivity index (χ4v) is 2.93. The molecule has 0 bridgehead atoms. The first-order valence-corrected chi connectivity index (χ1v) is 8.18. The minimum Gasteiger partial charge on any atom is -0.486 e. The fraction of sp³-hybridized carbons (Fsp3) is 0.278. The van der Waals surface area contributed by atoms with E-state index in [9.17, 15) is 23.1 Å². The summed E-state index contributed by atoms with van der Waals surface area (Å²) in [6, 6.07) is 5.63. The molecule has 1 aliphatic rings. The molecule has 1 unspecified atom stereocenters. The van der Waals surface area contributed by atoms with Crippen LogP contribution >= 0.6 is 11.6 Å². The maximum absolute atomic E-state index is 12.7. The number of methoxy groups -OCH3 is 1. The monoisotopic (exact) mass is 402 g/mol. The zero-order valence-electron chi connectivity index (χ0n) is 14.0. The molecule has 3 rings (SSSR count). The number of aliphatic hydroxyl groups excluding tert-OH is 1. The number of rotatable bonds is 4. The van der Waals surface area contributed by atoms with Gasteiger partial charge in [-0.2, -0.15) is 13.2 Å². The van der Waals surface area contributed by atoms with E-state index in [1.165, 1.54) is 13.2 Å². The van der Waals surface area contributed by atoms with Crippen LogP contribution in [0, 0.1) is 0 Å². The van der Waals surface area contributed by atoms with E-state index >= 15 is 0 Å². The number of fused-ring (bicyclic) bond motifs is 1. The van der Waals surface area contributed by atoms with E-state index in [0.717, 1.165) is 18.2 Å². The number of halogens is 4. The molecule has 5 nitrogen and oxygen atoms in total. The van der Waals surface area contributed by atoms with Crippen molar-refractivity contribution in [2.24, 2.45) is 0 Å². The number of alkyl halides is 3. The summed E-state index contributed by atoms with van der Waals surface area (Å²) in [6.45, 7) is -0.240. The SMILES string of the molecule is COC(=O)c1cc(Oc2ccc(C(F)(F)F)cc2Cl)cc2c1OC(CO)C2. The Morgan fingerprint density at radius 2 is 2.07 bits per heavy atom. The van der Waals surface area contributed by atoms with E-state index in [-0.39, 0.29) is 34.4 Å². The van der Waals surface area contributed by atoms with Crippen molar-refractivity contribution in [1.82, 2.24) is 0 Å². The Hall–Kier alpha value is -2.45. The summed E-state index contributed by atoms with van der Waals surface area (Å²) in [6.07, 6.45) is -4.69. The number of carbonyl (C=O) groups is 1. The van der Waals surface area contributed by atoms with Crippen LogP contribution in [0.5, 0.6) is 17.2 Å². The second-order valence-electron chi connectivity index (χ2n) is 5.82. The van der Waals surface area contributed by atoms with Crippen LogP contribution in [0.4, 0.5) is 13.2 Å². The maximum atomic E-state index is 12.7. The Bertz CT molecular complexity index is 882. The van der Waals surface area contributed by atoms with Gasteiger partial charge < -0.3 is 19.3 Å². The summed E-state index contributed by atoms with van der Waals surface area (Å²) in [5.74, 6) is -0.211. The first kappa shape index (κ1) is 19.3. The molecule has 1 N–H and O–H groups in total. The van der Waals surface area contributed by atoms with Crippen molar-refractivity contribution < 1.29 is 37.3 Å². The topological polar surface area (TPSA) is 65.0 Å². The standard InChI is InChI=1S/C18H14ClF3O5/c1-25-17(24)13-7-11(4-9-5-12(8-23)27-16(9)13)26-15-3-2-10(6-14(15)19)18(20,21)22/h2-4,6-7,12,23H,5,8H2,1H3. The number of ether oxygens (including phenoxy) is 3. The van der Waals surface area contributed by atoms with Gasteiger partial charge in [-0.15, -0.1) is 0 Å². The van der Waals surface area contributed by atoms with Crippen LogP contribution in [0.15, 0.2) is 30.3 Å². The average molecular weight is 403 g/mol. The minimum absolute atomic E-state index is 0.00180. The van der Waals surface area contributed by atoms with E-state index in [1.807, 2.05) is 0 Å². The molecule has 9 heteroatoms. The Morgan fingerprint density at radius 3 is 2.67 bits per heavy atom. The van der Waals surface area contributed by atoms with Crippen LogP contribution < -0.4 is 9.47 Å². The van der Waals surface area contributed by atoms with E-state index in [4.69, 9.17) is 25.8 Å². The van der Waals surface area contributed by atoms with E-state index in [0.29, 0.717) is 12.0 Å². The smallest absolute Gasteiger partial charge is 0.416 e. The molecule has 0 saturated carbocycles. The van der Waals surface area contributed by atoms with Gasteiger partial charge in [0.05, 0.1) is 24.3 Å². The van der Waals surface area contributed by atoms with Crippen LogP contribution in [-0.2, 0) is 17.3 Å². The minimum atomic E-state index is -4.52. The lowest BCUT2D eigenvalue weighted by Crippen LogP contribution is -2.17. The first-order valence-electron chi connectivity index (χ1n) is 7.80. The third kappa shape index (κ3) is 3.96. The van der Waals surface area contributed by atoms with Gasteiger partial charge in [0.1, 0.15) is 28.9 Å². The predicted octanol–water partition coefficient (Wildman–Crippen LogP) is 4.23. The Morgan fingerprint density at radius 1 is 1.33 bits per heavy atom. The molecule has 0 amide bonds. The molecule has 1 heterocycles. The number of benzene rings is 2. The summed E-state index contributed by atoms with van der Waals surface area (Å²) in [5, 5.41) is 9.05.